The number of amides is 1. The number of hydrogen-bond donors (Lipinski definition) is 1. The number of benzene rings is 3. The number of methoxy groups -OCH3 is 3. The summed E-state index contributed by atoms with van der Waals surface area (Å²) in [6.07, 6.45) is 1.60. The summed E-state index contributed by atoms with van der Waals surface area (Å²) in [5, 5.41) is 6.30. The Bertz CT molecular complexity index is 973. The fourth-order valence-electron chi connectivity index (χ4n) is 2.73. The van der Waals surface area contributed by atoms with Gasteiger partial charge in [-0.15, -0.1) is 0 Å². The summed E-state index contributed by atoms with van der Waals surface area (Å²) in [5.41, 5.74) is 3.75. The van der Waals surface area contributed by atoms with Crippen LogP contribution in [0.1, 0.15) is 15.9 Å². The van der Waals surface area contributed by atoms with Crippen molar-refractivity contribution in [3.8, 4) is 17.2 Å². The Kier molecular flexibility index (Phi) is 5.56. The van der Waals surface area contributed by atoms with Crippen LogP contribution in [0.2, 0.25) is 0 Å². The average molecular weight is 364 g/mol. The number of rotatable bonds is 6. The van der Waals surface area contributed by atoms with Gasteiger partial charge in [0.2, 0.25) is 5.75 Å². The van der Waals surface area contributed by atoms with Crippen LogP contribution < -0.4 is 19.6 Å². The molecule has 0 aliphatic rings. The summed E-state index contributed by atoms with van der Waals surface area (Å²) < 4.78 is 15.8. The molecular formula is C21H20N2O4. The van der Waals surface area contributed by atoms with Crippen LogP contribution in [0.3, 0.4) is 0 Å². The molecule has 0 spiro atoms. The lowest BCUT2D eigenvalue weighted by Crippen LogP contribution is -2.18. The van der Waals surface area contributed by atoms with Crippen LogP contribution in [0.15, 0.2) is 59.7 Å². The van der Waals surface area contributed by atoms with E-state index in [1.807, 2.05) is 42.5 Å². The zero-order valence-corrected chi connectivity index (χ0v) is 15.4. The smallest absolute Gasteiger partial charge is 0.271 e. The third-order valence-electron chi connectivity index (χ3n) is 4.08. The first-order chi connectivity index (χ1) is 13.2. The highest BCUT2D eigenvalue weighted by atomic mass is 16.5. The third-order valence-corrected chi connectivity index (χ3v) is 4.08. The molecule has 3 aromatic rings. The minimum absolute atomic E-state index is 0.347. The zero-order valence-electron chi connectivity index (χ0n) is 15.4. The normalized spacial score (nSPS) is 10.8. The van der Waals surface area contributed by atoms with Crippen molar-refractivity contribution in [3.05, 3.63) is 65.7 Å². The number of hydrogen-bond acceptors (Lipinski definition) is 5. The second kappa shape index (κ2) is 8.23. The number of carbonyl (C=O) groups excluding carboxylic acids is 1. The van der Waals surface area contributed by atoms with Crippen molar-refractivity contribution < 1.29 is 19.0 Å². The molecule has 27 heavy (non-hydrogen) atoms. The first kappa shape index (κ1) is 18.3. The third kappa shape index (κ3) is 4.00. The van der Waals surface area contributed by atoms with E-state index in [-0.39, 0.29) is 5.91 Å². The molecule has 0 aromatic heterocycles. The molecule has 1 N–H and O–H groups in total. The Balaban J connectivity index is 1.77. The van der Waals surface area contributed by atoms with E-state index >= 15 is 0 Å². The SMILES string of the molecule is COc1cc(C(=O)N/N=C/c2ccc3ccccc3c2)cc(OC)c1OC. The van der Waals surface area contributed by atoms with Crippen LogP contribution in [-0.2, 0) is 0 Å². The van der Waals surface area contributed by atoms with Crippen LogP contribution >= 0.6 is 0 Å². The fraction of sp³-hybridized carbons (Fsp3) is 0.143. The Morgan fingerprint density at radius 3 is 2.19 bits per heavy atom. The first-order valence-electron chi connectivity index (χ1n) is 8.28. The van der Waals surface area contributed by atoms with E-state index in [1.165, 1.54) is 21.3 Å². The van der Waals surface area contributed by atoms with E-state index in [0.29, 0.717) is 22.8 Å². The van der Waals surface area contributed by atoms with Gasteiger partial charge in [-0.3, -0.25) is 4.79 Å². The van der Waals surface area contributed by atoms with Gasteiger partial charge in [0.25, 0.3) is 5.91 Å². The summed E-state index contributed by atoms with van der Waals surface area (Å²) in [7, 11) is 4.50. The van der Waals surface area contributed by atoms with Gasteiger partial charge < -0.3 is 14.2 Å². The maximum Gasteiger partial charge on any atom is 0.271 e. The zero-order chi connectivity index (χ0) is 19.2. The molecule has 138 valence electrons. The van der Waals surface area contributed by atoms with Gasteiger partial charge in [-0.05, 0) is 34.5 Å². The standard InChI is InChI=1S/C21H20N2O4/c1-25-18-11-17(12-19(26-2)20(18)27-3)21(24)23-22-13-14-8-9-15-6-4-5-7-16(15)10-14/h4-13H,1-3H3,(H,23,24)/b22-13+. The Morgan fingerprint density at radius 1 is 0.889 bits per heavy atom. The molecule has 6 nitrogen and oxygen atoms in total. The average Bonchev–Trinajstić information content (AvgIpc) is 2.72. The number of carbonyl (C=O) groups is 1. The van der Waals surface area contributed by atoms with Gasteiger partial charge in [-0.25, -0.2) is 5.43 Å². The van der Waals surface area contributed by atoms with Gasteiger partial charge in [0.1, 0.15) is 0 Å². The highest BCUT2D eigenvalue weighted by Crippen LogP contribution is 2.38. The van der Waals surface area contributed by atoms with Crippen molar-refractivity contribution >= 4 is 22.9 Å². The summed E-state index contributed by atoms with van der Waals surface area (Å²) in [5.74, 6) is 0.850. The number of nitrogens with one attached hydrogen (secondary N) is 1. The van der Waals surface area contributed by atoms with Crippen LogP contribution in [0.25, 0.3) is 10.8 Å². The number of hydrazone groups is 1. The van der Waals surface area contributed by atoms with Crippen molar-refractivity contribution in [2.45, 2.75) is 0 Å². The van der Waals surface area contributed by atoms with E-state index in [4.69, 9.17) is 14.2 Å². The lowest BCUT2D eigenvalue weighted by Gasteiger charge is -2.13. The molecule has 0 bridgehead atoms. The van der Waals surface area contributed by atoms with Crippen molar-refractivity contribution in [1.82, 2.24) is 5.43 Å². The number of ether oxygens (including phenoxy) is 3. The lowest BCUT2D eigenvalue weighted by molar-refractivity contribution is 0.0954. The van der Waals surface area contributed by atoms with Crippen molar-refractivity contribution in [2.24, 2.45) is 5.10 Å². The molecule has 0 radical (unpaired) electrons. The molecular weight excluding hydrogens is 344 g/mol. The largest absolute Gasteiger partial charge is 0.493 e. The van der Waals surface area contributed by atoms with E-state index < -0.39 is 0 Å². The van der Waals surface area contributed by atoms with E-state index in [9.17, 15) is 4.79 Å². The molecule has 0 saturated heterocycles. The molecule has 0 fully saturated rings. The Labute approximate surface area is 157 Å². The molecule has 0 saturated carbocycles. The molecule has 6 heteroatoms. The molecule has 0 aliphatic heterocycles. The van der Waals surface area contributed by atoms with E-state index in [1.54, 1.807) is 18.3 Å². The van der Waals surface area contributed by atoms with Gasteiger partial charge in [0, 0.05) is 5.56 Å². The summed E-state index contributed by atoms with van der Waals surface area (Å²) in [6, 6.07) is 17.1. The highest BCUT2D eigenvalue weighted by Gasteiger charge is 2.16. The summed E-state index contributed by atoms with van der Waals surface area (Å²) in [4.78, 5) is 12.4. The predicted octanol–water partition coefficient (Wildman–Crippen LogP) is 3.63. The number of nitrogens with zero attached hydrogens (tertiary/aromatic N) is 1. The molecule has 0 atom stereocenters. The molecule has 0 aliphatic carbocycles. The van der Waals surface area contributed by atoms with Gasteiger partial charge in [-0.1, -0.05) is 36.4 Å². The van der Waals surface area contributed by atoms with Gasteiger partial charge in [0.15, 0.2) is 11.5 Å². The molecule has 0 unspecified atom stereocenters. The Morgan fingerprint density at radius 2 is 1.56 bits per heavy atom. The van der Waals surface area contributed by atoms with Crippen molar-refractivity contribution in [2.75, 3.05) is 21.3 Å². The minimum Gasteiger partial charge on any atom is -0.493 e. The van der Waals surface area contributed by atoms with E-state index in [0.717, 1.165) is 16.3 Å². The quantitative estimate of drug-likeness (QED) is 0.536. The van der Waals surface area contributed by atoms with Gasteiger partial charge in [0.05, 0.1) is 27.5 Å². The number of fused-ring (bicyclic) bond motifs is 1. The summed E-state index contributed by atoms with van der Waals surface area (Å²) >= 11 is 0. The second-order valence-electron chi connectivity index (χ2n) is 5.72. The van der Waals surface area contributed by atoms with Crippen LogP contribution in [-0.4, -0.2) is 33.5 Å². The monoisotopic (exact) mass is 364 g/mol. The van der Waals surface area contributed by atoms with Crippen molar-refractivity contribution in [3.63, 3.8) is 0 Å². The van der Waals surface area contributed by atoms with Crippen molar-refractivity contribution in [1.29, 1.82) is 0 Å². The second-order valence-corrected chi connectivity index (χ2v) is 5.72. The minimum atomic E-state index is -0.383. The lowest BCUT2D eigenvalue weighted by atomic mass is 10.1. The van der Waals surface area contributed by atoms with Gasteiger partial charge >= 0.3 is 0 Å². The topological polar surface area (TPSA) is 69.2 Å². The maximum atomic E-state index is 12.4. The Hall–Kier alpha value is -3.54. The van der Waals surface area contributed by atoms with E-state index in [2.05, 4.69) is 10.5 Å². The maximum absolute atomic E-state index is 12.4. The predicted molar refractivity (Wildman–Crippen MR) is 105 cm³/mol. The highest BCUT2D eigenvalue weighted by molar-refractivity contribution is 5.96. The van der Waals surface area contributed by atoms with Gasteiger partial charge in [-0.2, -0.15) is 5.10 Å². The van der Waals surface area contributed by atoms with Crippen LogP contribution in [0.5, 0.6) is 17.2 Å². The molecule has 1 amide bonds. The first-order valence-corrected chi connectivity index (χ1v) is 8.28. The molecule has 0 heterocycles. The van der Waals surface area contributed by atoms with Crippen LogP contribution in [0.4, 0.5) is 0 Å². The fourth-order valence-corrected chi connectivity index (χ4v) is 2.73. The molecule has 3 rings (SSSR count). The summed E-state index contributed by atoms with van der Waals surface area (Å²) in [6.45, 7) is 0. The molecule has 3 aromatic carbocycles. The van der Waals surface area contributed by atoms with Crippen LogP contribution in [0, 0.1) is 0 Å².